The van der Waals surface area contributed by atoms with Crippen LogP contribution >= 0.6 is 0 Å². The molecule has 0 spiro atoms. The van der Waals surface area contributed by atoms with Crippen LogP contribution < -0.4 is 10.6 Å². The molecule has 0 aliphatic rings. The van der Waals surface area contributed by atoms with Gasteiger partial charge in [0.15, 0.2) is 0 Å². The number of aryl methyl sites for hydroxylation is 2. The first-order chi connectivity index (χ1) is 12.4. The quantitative estimate of drug-likeness (QED) is 0.696. The summed E-state index contributed by atoms with van der Waals surface area (Å²) in [5.41, 5.74) is 3.72. The van der Waals surface area contributed by atoms with Gasteiger partial charge in [0.05, 0.1) is 23.1 Å². The molecular formula is C20H17F2N3O. The molecule has 0 radical (unpaired) electrons. The van der Waals surface area contributed by atoms with Gasteiger partial charge >= 0.3 is 0 Å². The Kier molecular flexibility index (Phi) is 4.93. The predicted octanol–water partition coefficient (Wildman–Crippen LogP) is 4.97. The molecule has 0 fully saturated rings. The van der Waals surface area contributed by atoms with E-state index in [4.69, 9.17) is 0 Å². The number of hydrogen-bond acceptors (Lipinski definition) is 3. The predicted molar refractivity (Wildman–Crippen MR) is 97.7 cm³/mol. The Bertz CT molecular complexity index is 973. The molecule has 1 aromatic heterocycles. The number of hydrogen-bond donors (Lipinski definition) is 2. The number of carbonyl (C=O) groups is 1. The maximum Gasteiger partial charge on any atom is 0.257 e. The van der Waals surface area contributed by atoms with Gasteiger partial charge in [-0.15, -0.1) is 0 Å². The van der Waals surface area contributed by atoms with Crippen LogP contribution in [-0.2, 0) is 0 Å². The zero-order valence-corrected chi connectivity index (χ0v) is 14.3. The third-order valence-electron chi connectivity index (χ3n) is 3.98. The topological polar surface area (TPSA) is 54.0 Å². The van der Waals surface area contributed by atoms with Crippen molar-refractivity contribution in [1.29, 1.82) is 0 Å². The Hall–Kier alpha value is -3.28. The van der Waals surface area contributed by atoms with Crippen LogP contribution in [0.2, 0.25) is 0 Å². The van der Waals surface area contributed by atoms with Crippen molar-refractivity contribution in [3.05, 3.63) is 83.2 Å². The molecule has 3 rings (SSSR count). The number of benzene rings is 2. The van der Waals surface area contributed by atoms with Crippen molar-refractivity contribution in [2.45, 2.75) is 13.8 Å². The van der Waals surface area contributed by atoms with Crippen molar-refractivity contribution >= 4 is 23.0 Å². The van der Waals surface area contributed by atoms with Gasteiger partial charge in [0.2, 0.25) is 0 Å². The molecule has 1 amide bonds. The lowest BCUT2D eigenvalue weighted by Crippen LogP contribution is -2.12. The van der Waals surface area contributed by atoms with E-state index in [1.807, 2.05) is 32.0 Å². The molecule has 0 aliphatic carbocycles. The van der Waals surface area contributed by atoms with E-state index in [1.165, 1.54) is 18.5 Å². The fraction of sp³-hybridized carbons (Fsp3) is 0.100. The molecule has 6 heteroatoms. The summed E-state index contributed by atoms with van der Waals surface area (Å²) in [6, 6.07) is 10.4. The highest BCUT2D eigenvalue weighted by Crippen LogP contribution is 2.21. The number of pyridine rings is 1. The number of carbonyl (C=O) groups excluding carboxylic acids is 1. The van der Waals surface area contributed by atoms with Crippen LogP contribution in [0.1, 0.15) is 21.5 Å². The number of nitrogens with zero attached hydrogens (tertiary/aromatic N) is 1. The van der Waals surface area contributed by atoms with E-state index in [0.717, 1.165) is 23.3 Å². The fourth-order valence-electron chi connectivity index (χ4n) is 2.40. The summed E-state index contributed by atoms with van der Waals surface area (Å²) in [4.78, 5) is 16.4. The average Bonchev–Trinajstić information content (AvgIpc) is 2.61. The lowest BCUT2D eigenvalue weighted by Gasteiger charge is -2.10. The van der Waals surface area contributed by atoms with E-state index in [2.05, 4.69) is 15.6 Å². The smallest absolute Gasteiger partial charge is 0.257 e. The zero-order chi connectivity index (χ0) is 18.7. The maximum atomic E-state index is 13.8. The van der Waals surface area contributed by atoms with Gasteiger partial charge in [-0.2, -0.15) is 0 Å². The van der Waals surface area contributed by atoms with Crippen LogP contribution in [0, 0.1) is 25.5 Å². The summed E-state index contributed by atoms with van der Waals surface area (Å²) in [5, 5.41) is 5.60. The van der Waals surface area contributed by atoms with E-state index < -0.39 is 11.6 Å². The highest BCUT2D eigenvalue weighted by molar-refractivity contribution is 6.04. The lowest BCUT2D eigenvalue weighted by molar-refractivity contribution is 0.102. The number of rotatable bonds is 4. The number of halogens is 2. The zero-order valence-electron chi connectivity index (χ0n) is 14.3. The van der Waals surface area contributed by atoms with Crippen LogP contribution in [-0.4, -0.2) is 10.9 Å². The third kappa shape index (κ3) is 4.03. The molecule has 26 heavy (non-hydrogen) atoms. The highest BCUT2D eigenvalue weighted by Gasteiger charge is 2.10. The summed E-state index contributed by atoms with van der Waals surface area (Å²) in [6.07, 6.45) is 2.87. The minimum atomic E-state index is -0.727. The first-order valence-corrected chi connectivity index (χ1v) is 7.98. The lowest BCUT2D eigenvalue weighted by atomic mass is 10.1. The van der Waals surface area contributed by atoms with Crippen LogP contribution in [0.5, 0.6) is 0 Å². The van der Waals surface area contributed by atoms with Crippen LogP contribution in [0.15, 0.2) is 54.9 Å². The molecule has 3 aromatic rings. The van der Waals surface area contributed by atoms with Gasteiger partial charge in [0, 0.05) is 18.0 Å². The summed E-state index contributed by atoms with van der Waals surface area (Å²) < 4.78 is 26.7. The van der Waals surface area contributed by atoms with E-state index in [1.54, 1.807) is 6.07 Å². The molecule has 0 bridgehead atoms. The largest absolute Gasteiger partial charge is 0.352 e. The van der Waals surface area contributed by atoms with Crippen molar-refractivity contribution in [2.75, 3.05) is 10.6 Å². The fourth-order valence-corrected chi connectivity index (χ4v) is 2.40. The Morgan fingerprint density at radius 2 is 1.73 bits per heavy atom. The first kappa shape index (κ1) is 17.5. The number of nitrogens with one attached hydrogen (secondary N) is 2. The first-order valence-electron chi connectivity index (χ1n) is 7.98. The van der Waals surface area contributed by atoms with E-state index in [0.29, 0.717) is 16.9 Å². The second kappa shape index (κ2) is 7.31. The Labute approximate surface area is 149 Å². The second-order valence-electron chi connectivity index (χ2n) is 5.96. The van der Waals surface area contributed by atoms with Crippen molar-refractivity contribution in [2.24, 2.45) is 0 Å². The van der Waals surface area contributed by atoms with Crippen molar-refractivity contribution in [3.63, 3.8) is 0 Å². The molecular weight excluding hydrogens is 336 g/mol. The van der Waals surface area contributed by atoms with Gasteiger partial charge in [-0.3, -0.25) is 9.78 Å². The molecule has 2 N–H and O–H groups in total. The molecule has 4 nitrogen and oxygen atoms in total. The minimum Gasteiger partial charge on any atom is -0.352 e. The Morgan fingerprint density at radius 3 is 2.46 bits per heavy atom. The third-order valence-corrected chi connectivity index (χ3v) is 3.98. The minimum absolute atomic E-state index is 0.0971. The maximum absolute atomic E-state index is 13.8. The summed E-state index contributed by atoms with van der Waals surface area (Å²) in [6.45, 7) is 3.96. The van der Waals surface area contributed by atoms with Gasteiger partial charge in [-0.1, -0.05) is 6.07 Å². The molecule has 0 saturated heterocycles. The SMILES string of the molecule is Cc1ccc(NC(=O)c2cncc(Nc3ccc(F)cc3F)c2)cc1C. The molecule has 0 unspecified atom stereocenters. The molecule has 2 aromatic carbocycles. The van der Waals surface area contributed by atoms with Gasteiger partial charge in [-0.25, -0.2) is 8.78 Å². The molecule has 132 valence electrons. The van der Waals surface area contributed by atoms with E-state index in [9.17, 15) is 13.6 Å². The summed E-state index contributed by atoms with van der Waals surface area (Å²) in [5.74, 6) is -1.72. The van der Waals surface area contributed by atoms with E-state index in [-0.39, 0.29) is 11.6 Å². The van der Waals surface area contributed by atoms with Crippen molar-refractivity contribution in [3.8, 4) is 0 Å². The van der Waals surface area contributed by atoms with Crippen molar-refractivity contribution < 1.29 is 13.6 Å². The van der Waals surface area contributed by atoms with Crippen LogP contribution in [0.4, 0.5) is 25.8 Å². The number of aromatic nitrogens is 1. The van der Waals surface area contributed by atoms with Gasteiger partial charge < -0.3 is 10.6 Å². The number of amides is 1. The average molecular weight is 353 g/mol. The van der Waals surface area contributed by atoms with Crippen molar-refractivity contribution in [1.82, 2.24) is 4.98 Å². The highest BCUT2D eigenvalue weighted by atomic mass is 19.1. The monoisotopic (exact) mass is 353 g/mol. The molecule has 1 heterocycles. The van der Waals surface area contributed by atoms with Crippen LogP contribution in [0.3, 0.4) is 0 Å². The van der Waals surface area contributed by atoms with E-state index >= 15 is 0 Å². The Morgan fingerprint density at radius 1 is 0.923 bits per heavy atom. The molecule has 0 aliphatic heterocycles. The Balaban J connectivity index is 1.77. The van der Waals surface area contributed by atoms with Gasteiger partial charge in [0.1, 0.15) is 11.6 Å². The second-order valence-corrected chi connectivity index (χ2v) is 5.96. The van der Waals surface area contributed by atoms with Gasteiger partial charge in [-0.05, 0) is 55.3 Å². The van der Waals surface area contributed by atoms with Crippen LogP contribution in [0.25, 0.3) is 0 Å². The molecule has 0 saturated carbocycles. The van der Waals surface area contributed by atoms with Gasteiger partial charge in [0.25, 0.3) is 5.91 Å². The summed E-state index contributed by atoms with van der Waals surface area (Å²) in [7, 11) is 0. The standard InChI is InChI=1S/C20H17F2N3O/c1-12-3-5-16(7-13(12)2)25-20(26)14-8-17(11-23-10-14)24-19-6-4-15(21)9-18(19)22/h3-11,24H,1-2H3,(H,25,26). The summed E-state index contributed by atoms with van der Waals surface area (Å²) >= 11 is 0. The number of anilines is 3. The molecule has 0 atom stereocenters. The normalized spacial score (nSPS) is 10.5.